The van der Waals surface area contributed by atoms with E-state index in [1.54, 1.807) is 13.2 Å². The van der Waals surface area contributed by atoms with Crippen molar-refractivity contribution in [2.45, 2.75) is 19.3 Å². The number of methoxy groups -OCH3 is 1. The van der Waals surface area contributed by atoms with Gasteiger partial charge in [0.25, 0.3) is 0 Å². The molecule has 1 aliphatic rings. The number of ether oxygens (including phenoxy) is 1. The van der Waals surface area contributed by atoms with Crippen LogP contribution in [-0.4, -0.2) is 32.1 Å². The van der Waals surface area contributed by atoms with Crippen LogP contribution in [0.15, 0.2) is 28.7 Å². The molecule has 21 heavy (non-hydrogen) atoms. The number of halogens is 1. The third kappa shape index (κ3) is 4.04. The average molecular weight is 355 g/mol. The SMILES string of the molecule is COCCCNC(=O)C1(C(=O)Nc2cccc(Br)c2)CC1. The lowest BCUT2D eigenvalue weighted by Crippen LogP contribution is -2.40. The summed E-state index contributed by atoms with van der Waals surface area (Å²) in [6.45, 7) is 1.12. The van der Waals surface area contributed by atoms with Crippen molar-refractivity contribution < 1.29 is 14.3 Å². The zero-order valence-corrected chi connectivity index (χ0v) is 13.5. The molecule has 1 aromatic rings. The molecule has 2 amide bonds. The third-order valence-electron chi connectivity index (χ3n) is 3.51. The lowest BCUT2D eigenvalue weighted by Gasteiger charge is -2.15. The van der Waals surface area contributed by atoms with Crippen LogP contribution in [0.3, 0.4) is 0 Å². The van der Waals surface area contributed by atoms with Crippen LogP contribution in [-0.2, 0) is 14.3 Å². The normalized spacial score (nSPS) is 15.3. The van der Waals surface area contributed by atoms with E-state index in [0.717, 1.165) is 10.9 Å². The first-order chi connectivity index (χ1) is 10.1. The molecule has 0 bridgehead atoms. The second kappa shape index (κ2) is 7.04. The topological polar surface area (TPSA) is 67.4 Å². The van der Waals surface area contributed by atoms with Gasteiger partial charge in [-0.3, -0.25) is 9.59 Å². The predicted molar refractivity (Wildman–Crippen MR) is 83.9 cm³/mol. The van der Waals surface area contributed by atoms with Crippen LogP contribution >= 0.6 is 15.9 Å². The van der Waals surface area contributed by atoms with Gasteiger partial charge in [-0.25, -0.2) is 0 Å². The maximum Gasteiger partial charge on any atom is 0.240 e. The molecule has 2 N–H and O–H groups in total. The summed E-state index contributed by atoms with van der Waals surface area (Å²) in [5.41, 5.74) is -0.206. The minimum Gasteiger partial charge on any atom is -0.385 e. The Bertz CT molecular complexity index is 529. The fourth-order valence-electron chi connectivity index (χ4n) is 2.09. The summed E-state index contributed by atoms with van der Waals surface area (Å²) in [6.07, 6.45) is 1.94. The minimum atomic E-state index is -0.893. The molecule has 1 aliphatic carbocycles. The molecule has 5 nitrogen and oxygen atoms in total. The van der Waals surface area contributed by atoms with Gasteiger partial charge in [0.2, 0.25) is 11.8 Å². The molecule has 1 aromatic carbocycles. The van der Waals surface area contributed by atoms with Gasteiger partial charge in [-0.05, 0) is 37.5 Å². The molecule has 0 radical (unpaired) electrons. The Morgan fingerprint density at radius 2 is 2.10 bits per heavy atom. The van der Waals surface area contributed by atoms with Crippen molar-refractivity contribution in [1.82, 2.24) is 5.32 Å². The molecule has 1 fully saturated rings. The van der Waals surface area contributed by atoms with E-state index in [1.165, 1.54) is 0 Å². The molecular weight excluding hydrogens is 336 g/mol. The molecule has 0 aliphatic heterocycles. The van der Waals surface area contributed by atoms with E-state index in [4.69, 9.17) is 4.74 Å². The van der Waals surface area contributed by atoms with Gasteiger partial charge in [0.15, 0.2) is 0 Å². The van der Waals surface area contributed by atoms with Crippen LogP contribution in [0.2, 0.25) is 0 Å². The van der Waals surface area contributed by atoms with Gasteiger partial charge < -0.3 is 15.4 Å². The van der Waals surface area contributed by atoms with Crippen LogP contribution in [0, 0.1) is 5.41 Å². The fourth-order valence-corrected chi connectivity index (χ4v) is 2.49. The number of hydrogen-bond acceptors (Lipinski definition) is 3. The van der Waals surface area contributed by atoms with Gasteiger partial charge in [-0.15, -0.1) is 0 Å². The van der Waals surface area contributed by atoms with Crippen molar-refractivity contribution >= 4 is 33.4 Å². The summed E-state index contributed by atoms with van der Waals surface area (Å²) in [6, 6.07) is 7.33. The average Bonchev–Trinajstić information content (AvgIpc) is 3.25. The molecule has 0 unspecified atom stereocenters. The zero-order valence-electron chi connectivity index (χ0n) is 11.9. The lowest BCUT2D eigenvalue weighted by atomic mass is 10.0. The lowest BCUT2D eigenvalue weighted by molar-refractivity contribution is -0.134. The number of rotatable bonds is 7. The van der Waals surface area contributed by atoms with Crippen LogP contribution in [0.4, 0.5) is 5.69 Å². The van der Waals surface area contributed by atoms with Gasteiger partial charge in [0.1, 0.15) is 5.41 Å². The molecule has 0 aromatic heterocycles. The molecule has 0 saturated heterocycles. The van der Waals surface area contributed by atoms with Gasteiger partial charge >= 0.3 is 0 Å². The molecule has 6 heteroatoms. The maximum atomic E-state index is 12.3. The Balaban J connectivity index is 1.90. The van der Waals surface area contributed by atoms with Crippen molar-refractivity contribution in [1.29, 1.82) is 0 Å². The van der Waals surface area contributed by atoms with Gasteiger partial charge in [0.05, 0.1) is 0 Å². The van der Waals surface area contributed by atoms with E-state index < -0.39 is 5.41 Å². The number of hydrogen-bond donors (Lipinski definition) is 2. The quantitative estimate of drug-likeness (QED) is 0.583. The number of anilines is 1. The van der Waals surface area contributed by atoms with E-state index in [1.807, 2.05) is 18.2 Å². The Hall–Kier alpha value is -1.40. The second-order valence-electron chi connectivity index (χ2n) is 5.15. The van der Waals surface area contributed by atoms with Gasteiger partial charge in [-0.1, -0.05) is 22.0 Å². The molecule has 114 valence electrons. The van der Waals surface area contributed by atoms with Crippen LogP contribution < -0.4 is 10.6 Å². The molecule has 2 rings (SSSR count). The van der Waals surface area contributed by atoms with E-state index in [0.29, 0.717) is 31.7 Å². The Morgan fingerprint density at radius 3 is 2.71 bits per heavy atom. The van der Waals surface area contributed by atoms with E-state index in [2.05, 4.69) is 26.6 Å². The summed E-state index contributed by atoms with van der Waals surface area (Å²) in [7, 11) is 1.62. The molecule has 1 saturated carbocycles. The molecule has 0 spiro atoms. The van der Waals surface area contributed by atoms with E-state index >= 15 is 0 Å². The first-order valence-electron chi connectivity index (χ1n) is 6.93. The number of carbonyl (C=O) groups is 2. The maximum absolute atomic E-state index is 12.3. The molecule has 0 atom stereocenters. The predicted octanol–water partition coefficient (Wildman–Crippen LogP) is 2.32. The number of benzene rings is 1. The van der Waals surface area contributed by atoms with Crippen molar-refractivity contribution in [3.63, 3.8) is 0 Å². The van der Waals surface area contributed by atoms with Gasteiger partial charge in [-0.2, -0.15) is 0 Å². The zero-order chi connectivity index (χ0) is 15.3. The molecular formula is C15H19BrN2O3. The third-order valence-corrected chi connectivity index (χ3v) is 4.01. The number of amides is 2. The smallest absolute Gasteiger partial charge is 0.240 e. The van der Waals surface area contributed by atoms with Crippen molar-refractivity contribution in [3.8, 4) is 0 Å². The highest BCUT2D eigenvalue weighted by molar-refractivity contribution is 9.10. The highest BCUT2D eigenvalue weighted by Gasteiger charge is 2.56. The minimum absolute atomic E-state index is 0.189. The summed E-state index contributed by atoms with van der Waals surface area (Å²) < 4.78 is 5.81. The van der Waals surface area contributed by atoms with Crippen LogP contribution in [0.5, 0.6) is 0 Å². The Labute approximate surface area is 132 Å². The largest absolute Gasteiger partial charge is 0.385 e. The number of nitrogens with one attached hydrogen (secondary N) is 2. The highest BCUT2D eigenvalue weighted by Crippen LogP contribution is 2.46. The Morgan fingerprint density at radius 1 is 1.33 bits per heavy atom. The summed E-state index contributed by atoms with van der Waals surface area (Å²) in [5.74, 6) is -0.420. The summed E-state index contributed by atoms with van der Waals surface area (Å²) in [4.78, 5) is 24.5. The van der Waals surface area contributed by atoms with Crippen molar-refractivity contribution in [2.24, 2.45) is 5.41 Å². The molecule has 0 heterocycles. The Kier molecular flexibility index (Phi) is 5.36. The highest BCUT2D eigenvalue weighted by atomic mass is 79.9. The fraction of sp³-hybridized carbons (Fsp3) is 0.467. The summed E-state index contributed by atoms with van der Waals surface area (Å²) >= 11 is 3.35. The first kappa shape index (κ1) is 16.0. The first-order valence-corrected chi connectivity index (χ1v) is 7.72. The number of carbonyl (C=O) groups excluding carboxylic acids is 2. The van der Waals surface area contributed by atoms with Crippen LogP contribution in [0.25, 0.3) is 0 Å². The summed E-state index contributed by atoms with van der Waals surface area (Å²) in [5, 5.41) is 5.62. The van der Waals surface area contributed by atoms with Gasteiger partial charge in [0, 0.05) is 30.4 Å². The van der Waals surface area contributed by atoms with Crippen molar-refractivity contribution in [2.75, 3.05) is 25.6 Å². The monoisotopic (exact) mass is 354 g/mol. The van der Waals surface area contributed by atoms with E-state index in [-0.39, 0.29) is 11.8 Å². The van der Waals surface area contributed by atoms with Crippen molar-refractivity contribution in [3.05, 3.63) is 28.7 Å². The second-order valence-corrected chi connectivity index (χ2v) is 6.06. The standard InChI is InChI=1S/C15H19BrN2O3/c1-21-9-3-8-17-13(19)15(6-7-15)14(20)18-12-5-2-4-11(16)10-12/h2,4-5,10H,3,6-9H2,1H3,(H,17,19)(H,18,20). The van der Waals surface area contributed by atoms with Crippen LogP contribution in [0.1, 0.15) is 19.3 Å². The van der Waals surface area contributed by atoms with E-state index in [9.17, 15) is 9.59 Å².